The number of H-pyrrole nitrogens is 1. The molecule has 27 heavy (non-hydrogen) atoms. The van der Waals surface area contributed by atoms with Crippen LogP contribution >= 0.6 is 11.6 Å². The summed E-state index contributed by atoms with van der Waals surface area (Å²) in [5, 5.41) is 0.668. The van der Waals surface area contributed by atoms with Crippen molar-refractivity contribution < 1.29 is 13.2 Å². The van der Waals surface area contributed by atoms with E-state index in [0.717, 1.165) is 0 Å². The first-order chi connectivity index (χ1) is 12.9. The van der Waals surface area contributed by atoms with E-state index in [1.165, 1.54) is 24.4 Å². The Morgan fingerprint density at radius 2 is 2.00 bits per heavy atom. The molecule has 4 rings (SSSR count). The number of benzene rings is 1. The second kappa shape index (κ2) is 8.13. The zero-order valence-electron chi connectivity index (χ0n) is 14.4. The molecule has 0 aliphatic heterocycles. The molecular weight excluding hydrogens is 377 g/mol. The maximum absolute atomic E-state index is 13.5. The molecule has 0 unspecified atom stereocenters. The maximum atomic E-state index is 13.5. The summed E-state index contributed by atoms with van der Waals surface area (Å²) in [4.78, 5) is 19.0. The van der Waals surface area contributed by atoms with Crippen LogP contribution in [0.5, 0.6) is 0 Å². The van der Waals surface area contributed by atoms with Gasteiger partial charge in [0.15, 0.2) is 5.43 Å². The van der Waals surface area contributed by atoms with Crippen LogP contribution in [0.25, 0.3) is 10.9 Å². The number of pyridine rings is 2. The van der Waals surface area contributed by atoms with Gasteiger partial charge < -0.3 is 4.98 Å². The van der Waals surface area contributed by atoms with Gasteiger partial charge in [0.2, 0.25) is 5.92 Å². The quantitative estimate of drug-likeness (QED) is 0.575. The first kappa shape index (κ1) is 19.4. The highest BCUT2D eigenvalue weighted by molar-refractivity contribution is 6.30. The van der Waals surface area contributed by atoms with E-state index in [9.17, 15) is 18.0 Å². The topological polar surface area (TPSA) is 45.8 Å². The van der Waals surface area contributed by atoms with Crippen LogP contribution in [0.4, 0.5) is 13.2 Å². The van der Waals surface area contributed by atoms with E-state index in [1.54, 1.807) is 24.4 Å². The summed E-state index contributed by atoms with van der Waals surface area (Å²) in [6.07, 6.45) is 4.03. The first-order valence-corrected chi connectivity index (χ1v) is 8.98. The molecule has 142 valence electrons. The molecular formula is C20H18ClF3N2O. The largest absolute Gasteiger partial charge is 0.358 e. The van der Waals surface area contributed by atoms with Crippen LogP contribution in [0.1, 0.15) is 37.3 Å². The second-order valence-corrected chi connectivity index (χ2v) is 6.98. The summed E-state index contributed by atoms with van der Waals surface area (Å²) >= 11 is 5.33. The number of nitrogens with one attached hydrogen (secondary N) is 1. The molecule has 1 aromatic carbocycles. The van der Waals surface area contributed by atoms with Gasteiger partial charge in [-0.1, -0.05) is 23.7 Å². The Bertz CT molecular complexity index is 969. The zero-order valence-corrected chi connectivity index (χ0v) is 15.1. The van der Waals surface area contributed by atoms with Gasteiger partial charge in [-0.3, -0.25) is 9.78 Å². The van der Waals surface area contributed by atoms with Gasteiger partial charge >= 0.3 is 0 Å². The van der Waals surface area contributed by atoms with Crippen LogP contribution in [-0.4, -0.2) is 15.9 Å². The van der Waals surface area contributed by atoms with Crippen LogP contribution < -0.4 is 5.43 Å². The monoisotopic (exact) mass is 394 g/mol. The minimum atomic E-state index is -2.62. The van der Waals surface area contributed by atoms with Crippen molar-refractivity contribution >= 4 is 22.5 Å². The van der Waals surface area contributed by atoms with Crippen LogP contribution in [0.15, 0.2) is 53.6 Å². The second-order valence-electron chi connectivity index (χ2n) is 6.57. The van der Waals surface area contributed by atoms with Gasteiger partial charge in [-0.2, -0.15) is 0 Å². The van der Waals surface area contributed by atoms with Gasteiger partial charge in [-0.15, -0.1) is 0 Å². The van der Waals surface area contributed by atoms with Gasteiger partial charge in [-0.25, -0.2) is 13.2 Å². The molecule has 2 aromatic heterocycles. The van der Waals surface area contributed by atoms with Crippen molar-refractivity contribution in [1.29, 1.82) is 0 Å². The Kier molecular flexibility index (Phi) is 5.85. The number of halogens is 4. The Hall–Kier alpha value is -2.34. The van der Waals surface area contributed by atoms with Crippen molar-refractivity contribution in [1.82, 2.24) is 9.97 Å². The summed E-state index contributed by atoms with van der Waals surface area (Å²) in [6.45, 7) is 0. The molecule has 1 fully saturated rings. The minimum Gasteiger partial charge on any atom is -0.358 e. The SMILES string of the molecule is Fc1ccccc1Cl.O=c1cc([C@H]2CCCC(F)(F)C2)[nH]c2ccncc12. The van der Waals surface area contributed by atoms with Gasteiger partial charge in [-0.05, 0) is 31.0 Å². The maximum Gasteiger partial charge on any atom is 0.248 e. The van der Waals surface area contributed by atoms with E-state index in [-0.39, 0.29) is 35.0 Å². The number of nitrogens with zero attached hydrogens (tertiary/aromatic N) is 1. The number of hydrogen-bond donors (Lipinski definition) is 1. The van der Waals surface area contributed by atoms with Crippen molar-refractivity contribution in [3.8, 4) is 0 Å². The van der Waals surface area contributed by atoms with Crippen molar-refractivity contribution in [2.24, 2.45) is 0 Å². The zero-order chi connectivity index (χ0) is 19.4. The van der Waals surface area contributed by atoms with E-state index in [1.807, 2.05) is 0 Å². The van der Waals surface area contributed by atoms with E-state index in [2.05, 4.69) is 9.97 Å². The van der Waals surface area contributed by atoms with Crippen molar-refractivity contribution in [3.05, 3.63) is 75.5 Å². The van der Waals surface area contributed by atoms with E-state index >= 15 is 0 Å². The molecule has 1 saturated carbocycles. The van der Waals surface area contributed by atoms with Crippen LogP contribution in [0.2, 0.25) is 5.02 Å². The number of aromatic amines is 1. The summed E-state index contributed by atoms with van der Waals surface area (Å²) in [5.74, 6) is -3.25. The number of fused-ring (bicyclic) bond motifs is 1. The smallest absolute Gasteiger partial charge is 0.248 e. The highest BCUT2D eigenvalue weighted by Gasteiger charge is 2.37. The number of alkyl halides is 2. The van der Waals surface area contributed by atoms with E-state index in [4.69, 9.17) is 11.6 Å². The molecule has 1 aliphatic carbocycles. The average Bonchev–Trinajstić information content (AvgIpc) is 2.64. The fourth-order valence-corrected chi connectivity index (χ4v) is 3.34. The minimum absolute atomic E-state index is 0.0504. The molecule has 0 amide bonds. The Morgan fingerprint density at radius 3 is 2.67 bits per heavy atom. The van der Waals surface area contributed by atoms with Gasteiger partial charge in [0.25, 0.3) is 0 Å². The fourth-order valence-electron chi connectivity index (χ4n) is 3.21. The molecule has 0 spiro atoms. The summed E-state index contributed by atoms with van der Waals surface area (Å²) < 4.78 is 39.1. The molecule has 7 heteroatoms. The molecule has 0 saturated heterocycles. The summed E-state index contributed by atoms with van der Waals surface area (Å²) in [5.41, 5.74) is 1.11. The summed E-state index contributed by atoms with van der Waals surface area (Å²) in [7, 11) is 0. The third-order valence-electron chi connectivity index (χ3n) is 4.56. The van der Waals surface area contributed by atoms with Crippen LogP contribution in [0.3, 0.4) is 0 Å². The predicted molar refractivity (Wildman–Crippen MR) is 99.9 cm³/mol. The fraction of sp³-hybridized carbons (Fsp3) is 0.300. The van der Waals surface area contributed by atoms with Gasteiger partial charge in [0, 0.05) is 42.9 Å². The number of rotatable bonds is 1. The lowest BCUT2D eigenvalue weighted by Gasteiger charge is -2.28. The van der Waals surface area contributed by atoms with Crippen LogP contribution in [-0.2, 0) is 0 Å². The molecule has 0 radical (unpaired) electrons. The average molecular weight is 395 g/mol. The molecule has 1 atom stereocenters. The van der Waals surface area contributed by atoms with Crippen molar-refractivity contribution in [3.63, 3.8) is 0 Å². The van der Waals surface area contributed by atoms with E-state index < -0.39 is 5.92 Å². The highest BCUT2D eigenvalue weighted by atomic mass is 35.5. The lowest BCUT2D eigenvalue weighted by molar-refractivity contribution is -0.0412. The third kappa shape index (κ3) is 4.89. The predicted octanol–water partition coefficient (Wildman–Crippen LogP) is 5.70. The lowest BCUT2D eigenvalue weighted by Crippen LogP contribution is -2.26. The standard InChI is InChI=1S/C14H14F2N2O.C6H4ClF/c15-14(16)4-1-2-9(7-14)12-6-13(19)10-8-17-5-3-11(10)18-12;7-5-3-1-2-4-6(5)8/h3,5-6,8-9H,1-2,4,7H2,(H,18,19);1-4H/t9-;/m0./s1. The van der Waals surface area contributed by atoms with Gasteiger partial charge in [0.1, 0.15) is 5.82 Å². The molecule has 3 aromatic rings. The molecule has 1 aliphatic rings. The van der Waals surface area contributed by atoms with Gasteiger partial charge in [0.05, 0.1) is 15.9 Å². The first-order valence-electron chi connectivity index (χ1n) is 8.60. The Morgan fingerprint density at radius 1 is 1.22 bits per heavy atom. The Labute approximate surface area is 159 Å². The highest BCUT2D eigenvalue weighted by Crippen LogP contribution is 2.41. The van der Waals surface area contributed by atoms with Crippen molar-refractivity contribution in [2.75, 3.05) is 0 Å². The van der Waals surface area contributed by atoms with Crippen molar-refractivity contribution in [2.45, 2.75) is 37.5 Å². The lowest BCUT2D eigenvalue weighted by atomic mass is 9.84. The normalized spacial score (nSPS) is 18.6. The van der Waals surface area contributed by atoms with E-state index in [0.29, 0.717) is 29.4 Å². The molecule has 2 heterocycles. The Balaban J connectivity index is 0.000000221. The number of hydrogen-bond acceptors (Lipinski definition) is 2. The van der Waals surface area contributed by atoms with Crippen LogP contribution in [0, 0.1) is 5.82 Å². The molecule has 3 nitrogen and oxygen atoms in total. The third-order valence-corrected chi connectivity index (χ3v) is 4.86. The number of aromatic nitrogens is 2. The molecule has 1 N–H and O–H groups in total. The summed E-state index contributed by atoms with van der Waals surface area (Å²) in [6, 6.07) is 9.25. The molecule has 0 bridgehead atoms.